The number of thioether (sulfide) groups is 1. The van der Waals surface area contributed by atoms with Crippen molar-refractivity contribution in [3.8, 4) is 0 Å². The monoisotopic (exact) mass is 253 g/mol. The van der Waals surface area contributed by atoms with Gasteiger partial charge in [0.05, 0.1) is 6.54 Å². The molecule has 0 amide bonds. The van der Waals surface area contributed by atoms with Crippen LogP contribution in [0.2, 0.25) is 0 Å². The third kappa shape index (κ3) is 2.63. The fourth-order valence-corrected chi connectivity index (χ4v) is 4.47. The summed E-state index contributed by atoms with van der Waals surface area (Å²) >= 11 is 1.94. The van der Waals surface area contributed by atoms with Crippen molar-refractivity contribution in [2.75, 3.05) is 25.9 Å². The molecule has 1 aliphatic carbocycles. The SMILES string of the molecule is CN1CCCC1CN=C1NC2CCCC2CS1. The molecule has 4 heteroatoms. The highest BCUT2D eigenvalue weighted by Crippen LogP contribution is 2.32. The minimum atomic E-state index is 0.686. The van der Waals surface area contributed by atoms with Crippen LogP contribution in [0.4, 0.5) is 0 Å². The van der Waals surface area contributed by atoms with Crippen molar-refractivity contribution in [3.63, 3.8) is 0 Å². The van der Waals surface area contributed by atoms with Gasteiger partial charge in [0.15, 0.2) is 5.17 Å². The van der Waals surface area contributed by atoms with Gasteiger partial charge in [-0.05, 0) is 45.2 Å². The highest BCUT2D eigenvalue weighted by atomic mass is 32.2. The van der Waals surface area contributed by atoms with Crippen LogP contribution in [-0.4, -0.2) is 48.0 Å². The lowest BCUT2D eigenvalue weighted by atomic mass is 10.1. The van der Waals surface area contributed by atoms with E-state index in [1.54, 1.807) is 0 Å². The molecule has 3 unspecified atom stereocenters. The van der Waals surface area contributed by atoms with Gasteiger partial charge in [-0.1, -0.05) is 18.2 Å². The fraction of sp³-hybridized carbons (Fsp3) is 0.923. The van der Waals surface area contributed by atoms with Gasteiger partial charge in [0.25, 0.3) is 0 Å². The lowest BCUT2D eigenvalue weighted by Gasteiger charge is -2.28. The van der Waals surface area contributed by atoms with E-state index in [4.69, 9.17) is 4.99 Å². The summed E-state index contributed by atoms with van der Waals surface area (Å²) in [6.07, 6.45) is 6.85. The summed E-state index contributed by atoms with van der Waals surface area (Å²) < 4.78 is 0. The van der Waals surface area contributed by atoms with E-state index < -0.39 is 0 Å². The van der Waals surface area contributed by atoms with Gasteiger partial charge in [-0.25, -0.2) is 0 Å². The molecule has 3 fully saturated rings. The Morgan fingerprint density at radius 1 is 1.35 bits per heavy atom. The van der Waals surface area contributed by atoms with Crippen molar-refractivity contribution in [3.05, 3.63) is 0 Å². The van der Waals surface area contributed by atoms with E-state index in [9.17, 15) is 0 Å². The van der Waals surface area contributed by atoms with Gasteiger partial charge in [-0.2, -0.15) is 0 Å². The van der Waals surface area contributed by atoms with Crippen LogP contribution in [0.25, 0.3) is 0 Å². The summed E-state index contributed by atoms with van der Waals surface area (Å²) in [7, 11) is 2.23. The van der Waals surface area contributed by atoms with Crippen LogP contribution in [0.1, 0.15) is 32.1 Å². The first-order chi connectivity index (χ1) is 8.33. The standard InChI is InChI=1S/C13H23N3S/c1-16-7-3-5-11(16)8-14-13-15-12-6-2-4-10(12)9-17-13/h10-12H,2-9H2,1H3,(H,14,15). The van der Waals surface area contributed by atoms with Crippen LogP contribution in [0, 0.1) is 5.92 Å². The number of nitrogens with zero attached hydrogens (tertiary/aromatic N) is 2. The quantitative estimate of drug-likeness (QED) is 0.815. The Labute approximate surface area is 108 Å². The molecule has 2 saturated heterocycles. The van der Waals surface area contributed by atoms with E-state index >= 15 is 0 Å². The first kappa shape index (κ1) is 11.8. The van der Waals surface area contributed by atoms with Crippen molar-refractivity contribution in [1.82, 2.24) is 10.2 Å². The van der Waals surface area contributed by atoms with Crippen molar-refractivity contribution < 1.29 is 0 Å². The summed E-state index contributed by atoms with van der Waals surface area (Å²) in [5.74, 6) is 2.20. The second kappa shape index (κ2) is 5.19. The highest BCUT2D eigenvalue weighted by molar-refractivity contribution is 8.13. The number of amidine groups is 1. The molecule has 0 radical (unpaired) electrons. The van der Waals surface area contributed by atoms with Gasteiger partial charge in [0, 0.05) is 17.8 Å². The first-order valence-electron chi connectivity index (χ1n) is 6.97. The average Bonchev–Trinajstić information content (AvgIpc) is 2.94. The second-order valence-corrected chi connectivity index (χ2v) is 6.68. The molecule has 0 aromatic heterocycles. The van der Waals surface area contributed by atoms with Crippen molar-refractivity contribution in [1.29, 1.82) is 0 Å². The lowest BCUT2D eigenvalue weighted by Crippen LogP contribution is -2.42. The maximum atomic E-state index is 4.80. The van der Waals surface area contributed by atoms with Crippen LogP contribution < -0.4 is 5.32 Å². The smallest absolute Gasteiger partial charge is 0.156 e. The molecular formula is C13H23N3S. The van der Waals surface area contributed by atoms with Gasteiger partial charge in [-0.3, -0.25) is 4.99 Å². The zero-order valence-electron chi connectivity index (χ0n) is 10.7. The van der Waals surface area contributed by atoms with Crippen LogP contribution >= 0.6 is 11.8 Å². The van der Waals surface area contributed by atoms with E-state index in [0.29, 0.717) is 6.04 Å². The maximum Gasteiger partial charge on any atom is 0.156 e. The van der Waals surface area contributed by atoms with Gasteiger partial charge in [-0.15, -0.1) is 0 Å². The van der Waals surface area contributed by atoms with Gasteiger partial charge in [0.2, 0.25) is 0 Å². The number of aliphatic imine (C=N–C) groups is 1. The molecule has 2 heterocycles. The third-order valence-corrected chi connectivity index (χ3v) is 5.63. The molecule has 1 saturated carbocycles. The molecule has 0 aromatic carbocycles. The van der Waals surface area contributed by atoms with Gasteiger partial charge in [0.1, 0.15) is 0 Å². The molecule has 17 heavy (non-hydrogen) atoms. The number of likely N-dealkylation sites (N-methyl/N-ethyl adjacent to an activating group) is 1. The minimum absolute atomic E-state index is 0.686. The zero-order chi connectivity index (χ0) is 11.7. The predicted octanol–water partition coefficient (Wildman–Crippen LogP) is 1.94. The molecule has 0 aromatic rings. The Morgan fingerprint density at radius 3 is 3.12 bits per heavy atom. The molecule has 96 valence electrons. The number of hydrogen-bond acceptors (Lipinski definition) is 3. The van der Waals surface area contributed by atoms with E-state index in [1.165, 1.54) is 49.6 Å². The number of hydrogen-bond donors (Lipinski definition) is 1. The Morgan fingerprint density at radius 2 is 2.29 bits per heavy atom. The van der Waals surface area contributed by atoms with E-state index in [0.717, 1.165) is 18.5 Å². The average molecular weight is 253 g/mol. The number of nitrogens with one attached hydrogen (secondary N) is 1. The highest BCUT2D eigenvalue weighted by Gasteiger charge is 2.32. The van der Waals surface area contributed by atoms with E-state index in [-0.39, 0.29) is 0 Å². The summed E-state index contributed by atoms with van der Waals surface area (Å²) in [5, 5.41) is 4.86. The molecule has 3 rings (SSSR count). The molecular weight excluding hydrogens is 230 g/mol. The minimum Gasteiger partial charge on any atom is -0.362 e. The van der Waals surface area contributed by atoms with Crippen LogP contribution in [0.5, 0.6) is 0 Å². The van der Waals surface area contributed by atoms with Crippen molar-refractivity contribution in [2.45, 2.75) is 44.2 Å². The Kier molecular flexibility index (Phi) is 3.61. The summed E-state index contributed by atoms with van der Waals surface area (Å²) in [6.45, 7) is 2.24. The molecule has 0 bridgehead atoms. The second-order valence-electron chi connectivity index (χ2n) is 5.68. The Bertz CT molecular complexity index is 305. The van der Waals surface area contributed by atoms with E-state index in [2.05, 4.69) is 17.3 Å². The van der Waals surface area contributed by atoms with Crippen molar-refractivity contribution in [2.24, 2.45) is 10.9 Å². The van der Waals surface area contributed by atoms with Gasteiger partial charge < -0.3 is 10.2 Å². The summed E-state index contributed by atoms with van der Waals surface area (Å²) in [6, 6.07) is 1.42. The normalized spacial score (nSPS) is 40.5. The molecule has 0 spiro atoms. The van der Waals surface area contributed by atoms with E-state index in [1.807, 2.05) is 11.8 Å². The van der Waals surface area contributed by atoms with Crippen LogP contribution in [-0.2, 0) is 0 Å². The Hall–Kier alpha value is -0.220. The summed E-state index contributed by atoms with van der Waals surface area (Å²) in [5.41, 5.74) is 0. The molecule has 2 aliphatic heterocycles. The van der Waals surface area contributed by atoms with Crippen LogP contribution in [0.3, 0.4) is 0 Å². The Balaban J connectivity index is 1.54. The molecule has 3 nitrogen and oxygen atoms in total. The topological polar surface area (TPSA) is 27.6 Å². The molecule has 3 atom stereocenters. The predicted molar refractivity (Wildman–Crippen MR) is 74.7 cm³/mol. The lowest BCUT2D eigenvalue weighted by molar-refractivity contribution is 0.317. The van der Waals surface area contributed by atoms with Crippen molar-refractivity contribution >= 4 is 16.9 Å². The number of fused-ring (bicyclic) bond motifs is 1. The first-order valence-corrected chi connectivity index (χ1v) is 7.95. The number of rotatable bonds is 2. The third-order valence-electron chi connectivity index (χ3n) is 4.52. The maximum absolute atomic E-state index is 4.80. The largest absolute Gasteiger partial charge is 0.362 e. The molecule has 3 aliphatic rings. The fourth-order valence-electron chi connectivity index (χ4n) is 3.30. The molecule has 1 N–H and O–H groups in total. The van der Waals surface area contributed by atoms with Crippen LogP contribution in [0.15, 0.2) is 4.99 Å². The van der Waals surface area contributed by atoms with Gasteiger partial charge >= 0.3 is 0 Å². The summed E-state index contributed by atoms with van der Waals surface area (Å²) in [4.78, 5) is 7.26. The number of likely N-dealkylation sites (tertiary alicyclic amines) is 1. The zero-order valence-corrected chi connectivity index (χ0v) is 11.5.